The third-order valence-electron chi connectivity index (χ3n) is 4.11. The maximum atomic E-state index is 13.0. The first-order chi connectivity index (χ1) is 14.1. The van der Waals surface area contributed by atoms with Crippen LogP contribution in [0.15, 0.2) is 71.6 Å². The first kappa shape index (κ1) is 18.8. The van der Waals surface area contributed by atoms with Gasteiger partial charge in [0.05, 0.1) is 5.69 Å². The molecule has 0 saturated carbocycles. The van der Waals surface area contributed by atoms with Gasteiger partial charge in [0, 0.05) is 16.4 Å². The van der Waals surface area contributed by atoms with Gasteiger partial charge >= 0.3 is 0 Å². The highest BCUT2D eigenvalue weighted by molar-refractivity contribution is 9.10. The topological polar surface area (TPSA) is 94.8 Å². The number of nitrogens with zero attached hydrogens (tertiary/aromatic N) is 5. The second kappa shape index (κ2) is 8.19. The molecule has 0 aliphatic rings. The number of ether oxygens (including phenoxy) is 1. The second-order valence-corrected chi connectivity index (χ2v) is 7.04. The Bertz CT molecular complexity index is 1160. The molecule has 1 N–H and O–H groups in total. The zero-order valence-electron chi connectivity index (χ0n) is 15.3. The van der Waals surface area contributed by atoms with E-state index < -0.39 is 0 Å². The van der Waals surface area contributed by atoms with E-state index in [2.05, 4.69) is 41.8 Å². The molecule has 0 fully saturated rings. The van der Waals surface area contributed by atoms with Crippen LogP contribution in [0.1, 0.15) is 15.9 Å². The van der Waals surface area contributed by atoms with Gasteiger partial charge in [0.25, 0.3) is 5.91 Å². The van der Waals surface area contributed by atoms with Crippen molar-refractivity contribution in [2.75, 3.05) is 5.32 Å². The van der Waals surface area contributed by atoms with Crippen LogP contribution in [0, 0.1) is 6.92 Å². The molecular formula is C20H15BrN6O2. The molecule has 2 heterocycles. The van der Waals surface area contributed by atoms with E-state index in [1.807, 2.05) is 31.2 Å². The average molecular weight is 451 g/mol. The Morgan fingerprint density at radius 1 is 1.14 bits per heavy atom. The first-order valence-corrected chi connectivity index (χ1v) is 9.43. The zero-order valence-corrected chi connectivity index (χ0v) is 16.9. The number of halogens is 1. The number of hydrogen-bond acceptors (Lipinski definition) is 6. The molecule has 0 aliphatic heterocycles. The predicted molar refractivity (Wildman–Crippen MR) is 110 cm³/mol. The lowest BCUT2D eigenvalue weighted by atomic mass is 10.1. The fourth-order valence-corrected chi connectivity index (χ4v) is 3.02. The SMILES string of the molecule is Cc1ccc(-n2cnnn2)cc1NC(=O)c1cccnc1Oc1cccc(Br)c1. The van der Waals surface area contributed by atoms with Crippen molar-refractivity contribution < 1.29 is 9.53 Å². The van der Waals surface area contributed by atoms with Crippen LogP contribution in [-0.4, -0.2) is 31.1 Å². The molecule has 4 rings (SSSR count). The summed E-state index contributed by atoms with van der Waals surface area (Å²) in [5.41, 5.74) is 2.58. The number of pyridine rings is 1. The Hall–Kier alpha value is -3.59. The average Bonchev–Trinajstić information content (AvgIpc) is 3.25. The maximum Gasteiger partial charge on any atom is 0.261 e. The van der Waals surface area contributed by atoms with E-state index in [1.54, 1.807) is 36.5 Å². The molecule has 0 atom stereocenters. The minimum atomic E-state index is -0.333. The highest BCUT2D eigenvalue weighted by Crippen LogP contribution is 2.27. The first-order valence-electron chi connectivity index (χ1n) is 8.64. The lowest BCUT2D eigenvalue weighted by Crippen LogP contribution is -2.14. The van der Waals surface area contributed by atoms with Crippen molar-refractivity contribution in [1.82, 2.24) is 25.2 Å². The third-order valence-corrected chi connectivity index (χ3v) is 4.60. The predicted octanol–water partition coefficient (Wildman–Crippen LogP) is 4.17. The van der Waals surface area contributed by atoms with Gasteiger partial charge in [-0.25, -0.2) is 9.67 Å². The number of benzene rings is 2. The number of aryl methyl sites for hydroxylation is 1. The van der Waals surface area contributed by atoms with Crippen molar-refractivity contribution in [1.29, 1.82) is 0 Å². The summed E-state index contributed by atoms with van der Waals surface area (Å²) in [4.78, 5) is 17.2. The molecule has 8 nitrogen and oxygen atoms in total. The van der Waals surface area contributed by atoms with Crippen molar-refractivity contribution in [2.24, 2.45) is 0 Å². The molecule has 0 aliphatic carbocycles. The Balaban J connectivity index is 1.60. The Kier molecular flexibility index (Phi) is 5.30. The van der Waals surface area contributed by atoms with Crippen LogP contribution >= 0.6 is 15.9 Å². The molecule has 0 radical (unpaired) electrons. The molecule has 29 heavy (non-hydrogen) atoms. The Labute approximate surface area is 174 Å². The second-order valence-electron chi connectivity index (χ2n) is 6.12. The number of aromatic nitrogens is 5. The van der Waals surface area contributed by atoms with Crippen LogP contribution in [0.3, 0.4) is 0 Å². The molecule has 0 saturated heterocycles. The van der Waals surface area contributed by atoms with E-state index in [0.717, 1.165) is 15.7 Å². The highest BCUT2D eigenvalue weighted by Gasteiger charge is 2.16. The van der Waals surface area contributed by atoms with Crippen LogP contribution in [0.5, 0.6) is 11.6 Å². The zero-order chi connectivity index (χ0) is 20.2. The van der Waals surface area contributed by atoms with Gasteiger partial charge in [0.2, 0.25) is 5.88 Å². The Morgan fingerprint density at radius 2 is 2.03 bits per heavy atom. The van der Waals surface area contributed by atoms with Crippen molar-refractivity contribution in [2.45, 2.75) is 6.92 Å². The monoisotopic (exact) mass is 450 g/mol. The van der Waals surface area contributed by atoms with Gasteiger partial charge in [-0.3, -0.25) is 4.79 Å². The summed E-state index contributed by atoms with van der Waals surface area (Å²) in [7, 11) is 0. The van der Waals surface area contributed by atoms with E-state index in [4.69, 9.17) is 4.74 Å². The highest BCUT2D eigenvalue weighted by atomic mass is 79.9. The number of hydrogen-bond donors (Lipinski definition) is 1. The van der Waals surface area contributed by atoms with Gasteiger partial charge in [-0.15, -0.1) is 5.10 Å². The largest absolute Gasteiger partial charge is 0.438 e. The summed E-state index contributed by atoms with van der Waals surface area (Å²) in [6.45, 7) is 1.90. The molecule has 2 aromatic carbocycles. The molecule has 1 amide bonds. The van der Waals surface area contributed by atoms with E-state index in [-0.39, 0.29) is 11.8 Å². The summed E-state index contributed by atoms with van der Waals surface area (Å²) >= 11 is 3.40. The van der Waals surface area contributed by atoms with Gasteiger partial charge in [-0.2, -0.15) is 0 Å². The van der Waals surface area contributed by atoms with Gasteiger partial charge in [-0.1, -0.05) is 28.1 Å². The number of anilines is 1. The van der Waals surface area contributed by atoms with Gasteiger partial charge in [0.1, 0.15) is 17.6 Å². The van der Waals surface area contributed by atoms with E-state index in [0.29, 0.717) is 17.0 Å². The molecule has 0 bridgehead atoms. The van der Waals surface area contributed by atoms with Gasteiger partial charge in [0.15, 0.2) is 0 Å². The quantitative estimate of drug-likeness (QED) is 0.490. The minimum absolute atomic E-state index is 0.220. The summed E-state index contributed by atoms with van der Waals surface area (Å²) < 4.78 is 8.21. The third kappa shape index (κ3) is 4.30. The number of amides is 1. The summed E-state index contributed by atoms with van der Waals surface area (Å²) in [5, 5.41) is 14.1. The van der Waals surface area contributed by atoms with Crippen molar-refractivity contribution in [3.05, 3.63) is 82.7 Å². The number of nitrogens with one attached hydrogen (secondary N) is 1. The number of rotatable bonds is 5. The number of tetrazole rings is 1. The van der Waals surface area contributed by atoms with Crippen molar-refractivity contribution in [3.8, 4) is 17.3 Å². The lowest BCUT2D eigenvalue weighted by molar-refractivity contribution is 0.102. The van der Waals surface area contributed by atoms with E-state index in [9.17, 15) is 4.79 Å². The van der Waals surface area contributed by atoms with Crippen LogP contribution < -0.4 is 10.1 Å². The Morgan fingerprint density at radius 3 is 2.83 bits per heavy atom. The van der Waals surface area contributed by atoms with Crippen LogP contribution in [-0.2, 0) is 0 Å². The molecule has 4 aromatic rings. The normalized spacial score (nSPS) is 10.6. The van der Waals surface area contributed by atoms with Crippen LogP contribution in [0.2, 0.25) is 0 Å². The molecular weight excluding hydrogens is 436 g/mol. The molecule has 0 unspecified atom stereocenters. The summed E-state index contributed by atoms with van der Waals surface area (Å²) in [5.74, 6) is 0.460. The molecule has 144 valence electrons. The number of carbonyl (C=O) groups excluding carboxylic acids is 1. The minimum Gasteiger partial charge on any atom is -0.438 e. The maximum absolute atomic E-state index is 13.0. The fourth-order valence-electron chi connectivity index (χ4n) is 2.64. The smallest absolute Gasteiger partial charge is 0.261 e. The van der Waals surface area contributed by atoms with E-state index in [1.165, 1.54) is 11.0 Å². The standard InChI is InChI=1S/C20H15BrN6O2/c1-13-7-8-15(27-12-23-25-26-27)11-18(13)24-19(28)17-6-3-9-22-20(17)29-16-5-2-4-14(21)10-16/h2-12H,1H3,(H,24,28). The molecule has 0 spiro atoms. The molecule has 9 heteroatoms. The fraction of sp³-hybridized carbons (Fsp3) is 0.0500. The van der Waals surface area contributed by atoms with Gasteiger partial charge in [-0.05, 0) is 65.4 Å². The van der Waals surface area contributed by atoms with Crippen molar-refractivity contribution in [3.63, 3.8) is 0 Å². The van der Waals surface area contributed by atoms with Gasteiger partial charge < -0.3 is 10.1 Å². The van der Waals surface area contributed by atoms with Crippen LogP contribution in [0.4, 0.5) is 5.69 Å². The summed E-state index contributed by atoms with van der Waals surface area (Å²) in [6.07, 6.45) is 3.06. The number of carbonyl (C=O) groups is 1. The molecule has 2 aromatic heterocycles. The van der Waals surface area contributed by atoms with E-state index >= 15 is 0 Å². The lowest BCUT2D eigenvalue weighted by Gasteiger charge is -2.13. The van der Waals surface area contributed by atoms with Crippen LogP contribution in [0.25, 0.3) is 5.69 Å². The summed E-state index contributed by atoms with van der Waals surface area (Å²) in [6, 6.07) is 16.2. The van der Waals surface area contributed by atoms with Crippen molar-refractivity contribution >= 4 is 27.5 Å².